The summed E-state index contributed by atoms with van der Waals surface area (Å²) in [5.41, 5.74) is 0.944. The van der Waals surface area contributed by atoms with Gasteiger partial charge in [-0.25, -0.2) is 0 Å². The van der Waals surface area contributed by atoms with E-state index in [-0.39, 0.29) is 5.92 Å². The first-order chi connectivity index (χ1) is 7.65. The maximum atomic E-state index is 8.78. The second-order valence-corrected chi connectivity index (χ2v) is 4.26. The lowest BCUT2D eigenvalue weighted by molar-refractivity contribution is 0.257. The van der Waals surface area contributed by atoms with E-state index in [0.29, 0.717) is 5.02 Å². The van der Waals surface area contributed by atoms with Crippen molar-refractivity contribution in [1.29, 1.82) is 5.26 Å². The van der Waals surface area contributed by atoms with Gasteiger partial charge in [-0.05, 0) is 25.6 Å². The van der Waals surface area contributed by atoms with Crippen molar-refractivity contribution in [3.05, 3.63) is 29.0 Å². The molecule has 1 unspecified atom stereocenters. The number of nitrogens with zero attached hydrogens (tertiary/aromatic N) is 3. The highest BCUT2D eigenvalue weighted by atomic mass is 35.5. The lowest BCUT2D eigenvalue weighted by Crippen LogP contribution is -2.27. The molecule has 0 saturated carbocycles. The first kappa shape index (κ1) is 13.0. The molecule has 86 valence electrons. The fraction of sp³-hybridized carbons (Fsp3) is 0.500. The van der Waals surface area contributed by atoms with Gasteiger partial charge in [0.05, 0.1) is 17.7 Å². The van der Waals surface area contributed by atoms with Crippen LogP contribution in [0.3, 0.4) is 0 Å². The summed E-state index contributed by atoms with van der Waals surface area (Å²) >= 11 is 5.89. The molecule has 4 heteroatoms. The molecule has 1 heterocycles. The third-order valence-corrected chi connectivity index (χ3v) is 2.60. The third kappa shape index (κ3) is 4.18. The van der Waals surface area contributed by atoms with Gasteiger partial charge in [0.1, 0.15) is 0 Å². The van der Waals surface area contributed by atoms with E-state index in [2.05, 4.69) is 22.9 Å². The van der Waals surface area contributed by atoms with Gasteiger partial charge in [0.25, 0.3) is 0 Å². The highest BCUT2D eigenvalue weighted by Gasteiger charge is 2.09. The highest BCUT2D eigenvalue weighted by molar-refractivity contribution is 6.30. The van der Waals surface area contributed by atoms with Crippen LogP contribution in [0.15, 0.2) is 18.3 Å². The molecule has 0 fully saturated rings. The fourth-order valence-corrected chi connectivity index (χ4v) is 1.68. The average molecular weight is 238 g/mol. The van der Waals surface area contributed by atoms with Gasteiger partial charge in [-0.1, -0.05) is 18.5 Å². The molecule has 16 heavy (non-hydrogen) atoms. The van der Waals surface area contributed by atoms with Crippen molar-refractivity contribution in [2.24, 2.45) is 5.92 Å². The zero-order valence-corrected chi connectivity index (χ0v) is 10.4. The molecule has 3 nitrogen and oxygen atoms in total. The van der Waals surface area contributed by atoms with Gasteiger partial charge < -0.3 is 0 Å². The topological polar surface area (TPSA) is 39.9 Å². The Bertz CT molecular complexity index is 373. The molecule has 1 aromatic rings. The number of rotatable bonds is 5. The maximum absolute atomic E-state index is 8.78. The Morgan fingerprint density at radius 2 is 2.38 bits per heavy atom. The van der Waals surface area contributed by atoms with Gasteiger partial charge in [0.2, 0.25) is 0 Å². The number of pyridine rings is 1. The molecule has 0 aliphatic rings. The molecule has 0 aromatic carbocycles. The van der Waals surface area contributed by atoms with Crippen molar-refractivity contribution in [1.82, 2.24) is 9.88 Å². The largest absolute Gasteiger partial charge is 0.296 e. The van der Waals surface area contributed by atoms with Crippen LogP contribution in [0, 0.1) is 17.2 Å². The van der Waals surface area contributed by atoms with Gasteiger partial charge in [-0.2, -0.15) is 5.26 Å². The van der Waals surface area contributed by atoms with Crippen LogP contribution in [0.5, 0.6) is 0 Å². The van der Waals surface area contributed by atoms with Gasteiger partial charge >= 0.3 is 0 Å². The first-order valence-electron chi connectivity index (χ1n) is 5.38. The van der Waals surface area contributed by atoms with Crippen molar-refractivity contribution in [3.63, 3.8) is 0 Å². The summed E-state index contributed by atoms with van der Waals surface area (Å²) in [6.45, 7) is 6.41. The number of aromatic nitrogens is 1. The van der Waals surface area contributed by atoms with Crippen LogP contribution in [-0.4, -0.2) is 23.0 Å². The molecule has 0 radical (unpaired) electrons. The summed E-state index contributed by atoms with van der Waals surface area (Å²) in [4.78, 5) is 6.44. The summed E-state index contributed by atoms with van der Waals surface area (Å²) < 4.78 is 0. The van der Waals surface area contributed by atoms with Crippen LogP contribution in [0.2, 0.25) is 5.02 Å². The van der Waals surface area contributed by atoms with Crippen LogP contribution in [0.1, 0.15) is 19.5 Å². The van der Waals surface area contributed by atoms with Gasteiger partial charge in [0, 0.05) is 24.3 Å². The van der Waals surface area contributed by atoms with Gasteiger partial charge in [-0.3, -0.25) is 9.88 Å². The summed E-state index contributed by atoms with van der Waals surface area (Å²) in [6.07, 6.45) is 1.71. The smallest absolute Gasteiger partial charge is 0.0666 e. The molecule has 0 amide bonds. The molecule has 1 aromatic heterocycles. The van der Waals surface area contributed by atoms with E-state index in [0.717, 1.165) is 25.3 Å². The maximum Gasteiger partial charge on any atom is 0.0666 e. The lowest BCUT2D eigenvalue weighted by atomic mass is 10.2. The Morgan fingerprint density at radius 3 is 2.94 bits per heavy atom. The van der Waals surface area contributed by atoms with E-state index in [1.807, 2.05) is 13.0 Å². The predicted octanol–water partition coefficient (Wildman–Crippen LogP) is 2.72. The molecule has 0 saturated heterocycles. The van der Waals surface area contributed by atoms with E-state index in [1.165, 1.54) is 0 Å². The van der Waals surface area contributed by atoms with Crippen LogP contribution in [-0.2, 0) is 6.54 Å². The Hall–Kier alpha value is -1.11. The molecular formula is C12H16ClN3. The van der Waals surface area contributed by atoms with Crippen molar-refractivity contribution >= 4 is 11.6 Å². The minimum atomic E-state index is 0.0409. The Labute approximate surface area is 102 Å². The zero-order chi connectivity index (χ0) is 12.0. The Balaban J connectivity index is 2.60. The van der Waals surface area contributed by atoms with E-state index in [9.17, 15) is 0 Å². The van der Waals surface area contributed by atoms with Crippen LogP contribution in [0.4, 0.5) is 0 Å². The first-order valence-corrected chi connectivity index (χ1v) is 5.76. The van der Waals surface area contributed by atoms with Crippen molar-refractivity contribution in [3.8, 4) is 6.07 Å². The monoisotopic (exact) mass is 237 g/mol. The third-order valence-electron chi connectivity index (χ3n) is 2.36. The van der Waals surface area contributed by atoms with E-state index >= 15 is 0 Å². The second-order valence-electron chi connectivity index (χ2n) is 3.82. The lowest BCUT2D eigenvalue weighted by Gasteiger charge is -2.20. The molecule has 0 N–H and O–H groups in total. The molecular weight excluding hydrogens is 222 g/mol. The van der Waals surface area contributed by atoms with Crippen molar-refractivity contribution < 1.29 is 0 Å². The minimum absolute atomic E-state index is 0.0409. The highest BCUT2D eigenvalue weighted by Crippen LogP contribution is 2.10. The van der Waals surface area contributed by atoms with E-state index in [1.54, 1.807) is 12.3 Å². The minimum Gasteiger partial charge on any atom is -0.296 e. The molecule has 1 atom stereocenters. The Kier molecular flexibility index (Phi) is 5.24. The van der Waals surface area contributed by atoms with Gasteiger partial charge in [0.15, 0.2) is 0 Å². The SMILES string of the molecule is CCN(Cc1cc(Cl)ccn1)CC(C)C#N. The average Bonchev–Trinajstić information content (AvgIpc) is 2.28. The number of hydrogen-bond donors (Lipinski definition) is 0. The van der Waals surface area contributed by atoms with Crippen molar-refractivity contribution in [2.45, 2.75) is 20.4 Å². The molecule has 0 aliphatic heterocycles. The fourth-order valence-electron chi connectivity index (χ4n) is 1.50. The van der Waals surface area contributed by atoms with Crippen molar-refractivity contribution in [2.75, 3.05) is 13.1 Å². The summed E-state index contributed by atoms with van der Waals surface area (Å²) in [5, 5.41) is 9.48. The second kappa shape index (κ2) is 6.47. The molecule has 1 rings (SSSR count). The summed E-state index contributed by atoms with van der Waals surface area (Å²) in [7, 11) is 0. The molecule has 0 spiro atoms. The van der Waals surface area contributed by atoms with Crippen LogP contribution < -0.4 is 0 Å². The predicted molar refractivity (Wildman–Crippen MR) is 65.0 cm³/mol. The quantitative estimate of drug-likeness (QED) is 0.791. The zero-order valence-electron chi connectivity index (χ0n) is 9.65. The standard InChI is InChI=1S/C12H16ClN3/c1-3-16(8-10(2)7-14)9-12-6-11(13)4-5-15-12/h4-6,10H,3,8-9H2,1-2H3. The summed E-state index contributed by atoms with van der Waals surface area (Å²) in [6, 6.07) is 5.86. The van der Waals surface area contributed by atoms with E-state index < -0.39 is 0 Å². The molecule has 0 aliphatic carbocycles. The number of nitriles is 1. The Morgan fingerprint density at radius 1 is 1.62 bits per heavy atom. The van der Waals surface area contributed by atoms with E-state index in [4.69, 9.17) is 16.9 Å². The summed E-state index contributed by atoms with van der Waals surface area (Å²) in [5.74, 6) is 0.0409. The van der Waals surface area contributed by atoms with Crippen LogP contribution in [0.25, 0.3) is 0 Å². The van der Waals surface area contributed by atoms with Gasteiger partial charge in [-0.15, -0.1) is 0 Å². The number of halogens is 1. The molecule has 0 bridgehead atoms. The number of hydrogen-bond acceptors (Lipinski definition) is 3. The van der Waals surface area contributed by atoms with Crippen LogP contribution >= 0.6 is 11.6 Å². The normalized spacial score (nSPS) is 12.4.